The minimum atomic E-state index is 0.836. The number of benzene rings is 1. The number of hydrogen-bond donors (Lipinski definition) is 1. The highest BCUT2D eigenvalue weighted by atomic mass is 79.9. The zero-order valence-electron chi connectivity index (χ0n) is 9.01. The fourth-order valence-electron chi connectivity index (χ4n) is 1.82. The van der Waals surface area contributed by atoms with Gasteiger partial charge < -0.3 is 5.32 Å². The summed E-state index contributed by atoms with van der Waals surface area (Å²) in [4.78, 5) is 0. The summed E-state index contributed by atoms with van der Waals surface area (Å²) in [5.41, 5.74) is 1.18. The summed E-state index contributed by atoms with van der Waals surface area (Å²) >= 11 is 11.6. The summed E-state index contributed by atoms with van der Waals surface area (Å²) in [6.45, 7) is 1.98. The maximum absolute atomic E-state index is 6.15. The van der Waals surface area contributed by atoms with Crippen LogP contribution in [0.15, 0.2) is 22.7 Å². The third-order valence-corrected chi connectivity index (χ3v) is 4.86. The van der Waals surface area contributed by atoms with E-state index in [1.807, 2.05) is 12.1 Å². The van der Waals surface area contributed by atoms with Gasteiger partial charge in [0.25, 0.3) is 0 Å². The van der Waals surface area contributed by atoms with Crippen molar-refractivity contribution in [3.63, 3.8) is 0 Å². The van der Waals surface area contributed by atoms with Crippen molar-refractivity contribution in [3.05, 3.63) is 33.3 Å². The highest BCUT2D eigenvalue weighted by molar-refractivity contribution is 9.10. The van der Waals surface area contributed by atoms with Crippen LogP contribution in [0.4, 0.5) is 0 Å². The zero-order valence-corrected chi connectivity index (χ0v) is 12.2. The number of hydrogen-bond acceptors (Lipinski definition) is 2. The van der Waals surface area contributed by atoms with Crippen molar-refractivity contribution in [1.29, 1.82) is 0 Å². The summed E-state index contributed by atoms with van der Waals surface area (Å²) in [6.07, 6.45) is 1.35. The first-order valence-electron chi connectivity index (χ1n) is 5.48. The monoisotopic (exact) mass is 319 g/mol. The Bertz CT molecular complexity index is 353. The van der Waals surface area contributed by atoms with Gasteiger partial charge in [0.2, 0.25) is 0 Å². The second-order valence-electron chi connectivity index (χ2n) is 4.10. The van der Waals surface area contributed by atoms with Crippen LogP contribution < -0.4 is 5.32 Å². The number of halogens is 2. The van der Waals surface area contributed by atoms with Crippen molar-refractivity contribution in [1.82, 2.24) is 5.32 Å². The third kappa shape index (κ3) is 3.66. The van der Waals surface area contributed by atoms with Gasteiger partial charge in [-0.1, -0.05) is 33.6 Å². The van der Waals surface area contributed by atoms with Crippen molar-refractivity contribution in [2.24, 2.45) is 5.92 Å². The molecule has 1 fully saturated rings. The molecule has 0 saturated carbocycles. The maximum atomic E-state index is 6.15. The lowest BCUT2D eigenvalue weighted by molar-refractivity contribution is 0.523. The molecule has 1 aromatic rings. The molecule has 0 bridgehead atoms. The molecular formula is C12H15BrClNS. The van der Waals surface area contributed by atoms with Crippen molar-refractivity contribution in [2.45, 2.75) is 13.0 Å². The molecule has 1 aliphatic heterocycles. The van der Waals surface area contributed by atoms with E-state index in [1.165, 1.54) is 23.5 Å². The molecule has 1 aliphatic rings. The Morgan fingerprint density at radius 3 is 3.06 bits per heavy atom. The van der Waals surface area contributed by atoms with Crippen molar-refractivity contribution in [3.8, 4) is 0 Å². The van der Waals surface area contributed by atoms with Gasteiger partial charge >= 0.3 is 0 Å². The Labute approximate surface area is 114 Å². The molecule has 0 spiro atoms. The van der Waals surface area contributed by atoms with E-state index in [9.17, 15) is 0 Å². The van der Waals surface area contributed by atoms with Crippen LogP contribution >= 0.6 is 39.3 Å². The van der Waals surface area contributed by atoms with Gasteiger partial charge in [0, 0.05) is 16.0 Å². The molecule has 16 heavy (non-hydrogen) atoms. The van der Waals surface area contributed by atoms with Crippen LogP contribution in [0.2, 0.25) is 5.02 Å². The highest BCUT2D eigenvalue weighted by Gasteiger charge is 2.14. The van der Waals surface area contributed by atoms with Gasteiger partial charge in [-0.25, -0.2) is 0 Å². The Morgan fingerprint density at radius 1 is 1.50 bits per heavy atom. The third-order valence-electron chi connectivity index (χ3n) is 2.79. The van der Waals surface area contributed by atoms with E-state index in [2.05, 4.69) is 39.1 Å². The fourth-order valence-corrected chi connectivity index (χ4v) is 3.85. The molecule has 4 heteroatoms. The van der Waals surface area contributed by atoms with E-state index in [0.717, 1.165) is 28.5 Å². The number of rotatable bonds is 4. The van der Waals surface area contributed by atoms with Gasteiger partial charge in [0.1, 0.15) is 0 Å². The lowest BCUT2D eigenvalue weighted by atomic mass is 10.1. The molecule has 88 valence electrons. The first-order chi connectivity index (χ1) is 7.75. The molecule has 1 N–H and O–H groups in total. The Kier molecular flexibility index (Phi) is 5.01. The van der Waals surface area contributed by atoms with Gasteiger partial charge in [-0.3, -0.25) is 0 Å². The SMILES string of the molecule is Clc1cc(Br)ccc1CNCC1CCSC1. The quantitative estimate of drug-likeness (QED) is 0.901. The van der Waals surface area contributed by atoms with E-state index < -0.39 is 0 Å². The second-order valence-corrected chi connectivity index (χ2v) is 6.57. The van der Waals surface area contributed by atoms with Crippen LogP contribution in [0.3, 0.4) is 0 Å². The molecule has 1 nitrogen and oxygen atoms in total. The van der Waals surface area contributed by atoms with E-state index >= 15 is 0 Å². The number of nitrogens with one attached hydrogen (secondary N) is 1. The largest absolute Gasteiger partial charge is 0.312 e. The molecule has 1 saturated heterocycles. The van der Waals surface area contributed by atoms with Gasteiger partial charge in [-0.2, -0.15) is 11.8 Å². The second kappa shape index (κ2) is 6.29. The predicted molar refractivity (Wildman–Crippen MR) is 76.3 cm³/mol. The van der Waals surface area contributed by atoms with Gasteiger partial charge in [0.05, 0.1) is 0 Å². The minimum Gasteiger partial charge on any atom is -0.312 e. The summed E-state index contributed by atoms with van der Waals surface area (Å²) in [7, 11) is 0. The van der Waals surface area contributed by atoms with E-state index in [1.54, 1.807) is 0 Å². The smallest absolute Gasteiger partial charge is 0.0462 e. The first-order valence-corrected chi connectivity index (χ1v) is 7.80. The molecule has 2 rings (SSSR count). The summed E-state index contributed by atoms with van der Waals surface area (Å²) in [5, 5.41) is 4.33. The molecule has 1 atom stereocenters. The summed E-state index contributed by atoms with van der Waals surface area (Å²) < 4.78 is 1.04. The Balaban J connectivity index is 1.80. The van der Waals surface area contributed by atoms with Crippen LogP contribution in [0.5, 0.6) is 0 Å². The molecule has 0 aromatic heterocycles. The van der Waals surface area contributed by atoms with E-state index in [-0.39, 0.29) is 0 Å². The van der Waals surface area contributed by atoms with Crippen LogP contribution in [-0.4, -0.2) is 18.1 Å². The topological polar surface area (TPSA) is 12.0 Å². The summed E-state index contributed by atoms with van der Waals surface area (Å²) in [6, 6.07) is 6.06. The Morgan fingerprint density at radius 2 is 2.38 bits per heavy atom. The molecule has 0 amide bonds. The Hall–Kier alpha value is 0.300. The van der Waals surface area contributed by atoms with Crippen molar-refractivity contribution < 1.29 is 0 Å². The summed E-state index contributed by atoms with van der Waals surface area (Å²) in [5.74, 6) is 3.48. The van der Waals surface area contributed by atoms with E-state index in [4.69, 9.17) is 11.6 Å². The van der Waals surface area contributed by atoms with Crippen LogP contribution in [0, 0.1) is 5.92 Å². The van der Waals surface area contributed by atoms with E-state index in [0.29, 0.717) is 0 Å². The van der Waals surface area contributed by atoms with Crippen LogP contribution in [0.25, 0.3) is 0 Å². The molecular weight excluding hydrogens is 306 g/mol. The standard InChI is InChI=1S/C12H15BrClNS/c13-11-2-1-10(12(14)5-11)7-15-6-9-3-4-16-8-9/h1-2,5,9,15H,3-4,6-8H2. The maximum Gasteiger partial charge on any atom is 0.0462 e. The minimum absolute atomic E-state index is 0.836. The highest BCUT2D eigenvalue weighted by Crippen LogP contribution is 2.23. The predicted octanol–water partition coefficient (Wildman–Crippen LogP) is 3.95. The normalized spacial score (nSPS) is 20.2. The number of thioether (sulfide) groups is 1. The molecule has 1 heterocycles. The average molecular weight is 321 g/mol. The molecule has 0 aliphatic carbocycles. The molecule has 1 unspecified atom stereocenters. The first kappa shape index (κ1) is 12.7. The molecule has 1 aromatic carbocycles. The lowest BCUT2D eigenvalue weighted by Gasteiger charge is -2.11. The van der Waals surface area contributed by atoms with Gasteiger partial charge in [-0.05, 0) is 48.1 Å². The zero-order chi connectivity index (χ0) is 11.4. The van der Waals surface area contributed by atoms with Gasteiger partial charge in [-0.15, -0.1) is 0 Å². The fraction of sp³-hybridized carbons (Fsp3) is 0.500. The average Bonchev–Trinajstić information content (AvgIpc) is 2.74. The van der Waals surface area contributed by atoms with Crippen LogP contribution in [-0.2, 0) is 6.54 Å². The van der Waals surface area contributed by atoms with Crippen molar-refractivity contribution in [2.75, 3.05) is 18.1 Å². The van der Waals surface area contributed by atoms with Gasteiger partial charge in [0.15, 0.2) is 0 Å². The molecule has 0 radical (unpaired) electrons. The van der Waals surface area contributed by atoms with Crippen LogP contribution in [0.1, 0.15) is 12.0 Å². The van der Waals surface area contributed by atoms with Crippen molar-refractivity contribution >= 4 is 39.3 Å². The lowest BCUT2D eigenvalue weighted by Crippen LogP contribution is -2.22.